The molecular weight excluding hydrogens is 321 g/mol. The Kier molecular flexibility index (Phi) is 3.20. The van der Waals surface area contributed by atoms with Gasteiger partial charge in [0.15, 0.2) is 17.2 Å². The first-order valence-corrected chi connectivity index (χ1v) is 6.81. The fraction of sp³-hybridized carbons (Fsp3) is 0.500. The molecule has 2 aliphatic rings. The lowest BCUT2D eigenvalue weighted by Gasteiger charge is -2.26. The number of fused-ring (bicyclic) bond motifs is 1. The van der Waals surface area contributed by atoms with E-state index < -0.39 is 34.8 Å². The van der Waals surface area contributed by atoms with Crippen molar-refractivity contribution in [2.45, 2.75) is 36.0 Å². The molecule has 2 aliphatic heterocycles. The Morgan fingerprint density at radius 3 is 2.90 bits per heavy atom. The summed E-state index contributed by atoms with van der Waals surface area (Å²) in [5.41, 5.74) is 4.80. The highest BCUT2D eigenvalue weighted by Crippen LogP contribution is 2.61. The molecule has 0 aromatic carbocycles. The summed E-state index contributed by atoms with van der Waals surface area (Å²) in [6, 6.07) is 1.43. The van der Waals surface area contributed by atoms with Crippen LogP contribution in [0.1, 0.15) is 13.2 Å². The van der Waals surface area contributed by atoms with Gasteiger partial charge in [0.05, 0.1) is 0 Å². The zero-order valence-electron chi connectivity index (χ0n) is 10.8. The van der Waals surface area contributed by atoms with Gasteiger partial charge in [-0.05, 0) is 24.6 Å². The second kappa shape index (κ2) is 4.60. The Balaban J connectivity index is 2.08. The molecule has 7 nitrogen and oxygen atoms in total. The maximum atomic E-state index is 12.0. The third-order valence-corrected chi connectivity index (χ3v) is 4.15. The maximum absolute atomic E-state index is 12.0. The molecule has 9 heteroatoms. The van der Waals surface area contributed by atoms with Crippen molar-refractivity contribution < 1.29 is 14.6 Å². The van der Waals surface area contributed by atoms with Crippen LogP contribution in [-0.4, -0.2) is 37.5 Å². The van der Waals surface area contributed by atoms with Gasteiger partial charge in [0.1, 0.15) is 11.9 Å². The molecule has 0 bridgehead atoms. The van der Waals surface area contributed by atoms with Gasteiger partial charge in [-0.25, -0.2) is 4.79 Å². The lowest BCUT2D eigenvalue weighted by molar-refractivity contribution is -0.164. The van der Waals surface area contributed by atoms with E-state index in [9.17, 15) is 9.90 Å². The highest BCUT2D eigenvalue weighted by atomic mass is 35.5. The maximum Gasteiger partial charge on any atom is 0.351 e. The Morgan fingerprint density at radius 1 is 1.62 bits per heavy atom. The molecule has 0 aliphatic carbocycles. The van der Waals surface area contributed by atoms with E-state index in [-0.39, 0.29) is 5.82 Å². The van der Waals surface area contributed by atoms with Crippen LogP contribution in [0.25, 0.3) is 0 Å². The van der Waals surface area contributed by atoms with Crippen molar-refractivity contribution in [2.75, 3.05) is 5.73 Å². The SMILES string of the molecule is C[C@@H](O)C12O[C@@H]1C(Cl)(C#CCl)[C@H](n1ccc(N)nc1=O)O2. The van der Waals surface area contributed by atoms with Crippen LogP contribution in [-0.2, 0) is 9.47 Å². The lowest BCUT2D eigenvalue weighted by atomic mass is 10.0. The van der Waals surface area contributed by atoms with Crippen LogP contribution in [0.2, 0.25) is 0 Å². The highest BCUT2D eigenvalue weighted by molar-refractivity contribution is 6.32. The summed E-state index contributed by atoms with van der Waals surface area (Å²) in [7, 11) is 0. The van der Waals surface area contributed by atoms with Gasteiger partial charge in [-0.1, -0.05) is 17.5 Å². The monoisotopic (exact) mass is 331 g/mol. The minimum absolute atomic E-state index is 0.0736. The molecule has 21 heavy (non-hydrogen) atoms. The van der Waals surface area contributed by atoms with E-state index in [1.54, 1.807) is 0 Å². The first-order valence-electron chi connectivity index (χ1n) is 6.05. The Labute approximate surface area is 129 Å². The van der Waals surface area contributed by atoms with Gasteiger partial charge in [0.2, 0.25) is 5.79 Å². The number of nitrogens with two attached hydrogens (primary N) is 1. The zero-order chi connectivity index (χ0) is 15.4. The molecule has 3 N–H and O–H groups in total. The minimum Gasteiger partial charge on any atom is -0.388 e. The van der Waals surface area contributed by atoms with Crippen LogP contribution in [0, 0.1) is 11.3 Å². The molecule has 0 amide bonds. The summed E-state index contributed by atoms with van der Waals surface area (Å²) in [6.07, 6.45) is -1.30. The van der Waals surface area contributed by atoms with Crippen molar-refractivity contribution in [2.24, 2.45) is 0 Å². The van der Waals surface area contributed by atoms with Gasteiger partial charge >= 0.3 is 5.69 Å². The van der Waals surface area contributed by atoms with E-state index in [1.165, 1.54) is 19.2 Å². The number of nitrogen functional groups attached to an aromatic ring is 1. The molecule has 2 unspecified atom stereocenters. The fourth-order valence-corrected chi connectivity index (χ4v) is 3.09. The van der Waals surface area contributed by atoms with Gasteiger partial charge < -0.3 is 20.3 Å². The third kappa shape index (κ3) is 1.95. The van der Waals surface area contributed by atoms with Gasteiger partial charge in [0, 0.05) is 11.6 Å². The number of aliphatic hydroxyl groups is 1. The molecule has 0 radical (unpaired) electrons. The van der Waals surface area contributed by atoms with Gasteiger partial charge in [-0.15, -0.1) is 0 Å². The van der Waals surface area contributed by atoms with Crippen molar-refractivity contribution in [3.05, 3.63) is 22.7 Å². The second-order valence-electron chi connectivity index (χ2n) is 4.90. The predicted molar refractivity (Wildman–Crippen MR) is 74.5 cm³/mol. The van der Waals surface area contributed by atoms with Crippen LogP contribution < -0.4 is 11.4 Å². The van der Waals surface area contributed by atoms with E-state index in [4.69, 9.17) is 38.4 Å². The number of ether oxygens (including phenoxy) is 2. The number of nitrogens with zero attached hydrogens (tertiary/aromatic N) is 2. The largest absolute Gasteiger partial charge is 0.388 e. The quantitative estimate of drug-likeness (QED) is 0.449. The number of hydrogen-bond donors (Lipinski definition) is 2. The normalized spacial score (nSPS) is 38.3. The van der Waals surface area contributed by atoms with Crippen molar-refractivity contribution >= 4 is 29.0 Å². The van der Waals surface area contributed by atoms with Crippen molar-refractivity contribution in [1.29, 1.82) is 0 Å². The second-order valence-corrected chi connectivity index (χ2v) is 5.71. The summed E-state index contributed by atoms with van der Waals surface area (Å²) in [5, 5.41) is 12.0. The minimum atomic E-state index is -1.42. The average Bonchev–Trinajstić information content (AvgIpc) is 3.08. The van der Waals surface area contributed by atoms with Crippen LogP contribution in [0.15, 0.2) is 17.1 Å². The molecular formula is C12H11Cl2N3O4. The molecule has 2 fully saturated rings. The molecule has 0 spiro atoms. The van der Waals surface area contributed by atoms with Crippen LogP contribution in [0.3, 0.4) is 0 Å². The Bertz CT molecular complexity index is 712. The van der Waals surface area contributed by atoms with Crippen LogP contribution in [0.4, 0.5) is 5.82 Å². The van der Waals surface area contributed by atoms with Crippen molar-refractivity contribution in [3.8, 4) is 11.3 Å². The summed E-state index contributed by atoms with van der Waals surface area (Å²) in [5.74, 6) is 1.36. The summed E-state index contributed by atoms with van der Waals surface area (Å²) in [4.78, 5) is 14.2. The summed E-state index contributed by atoms with van der Waals surface area (Å²) < 4.78 is 12.2. The van der Waals surface area contributed by atoms with E-state index in [1.807, 2.05) is 0 Å². The molecule has 0 saturated carbocycles. The van der Waals surface area contributed by atoms with Crippen molar-refractivity contribution in [1.82, 2.24) is 9.55 Å². The van der Waals surface area contributed by atoms with Crippen molar-refractivity contribution in [3.63, 3.8) is 0 Å². The van der Waals surface area contributed by atoms with E-state index >= 15 is 0 Å². The number of anilines is 1. The topological polar surface area (TPSA) is 103 Å². The Hall–Kier alpha value is -1.30. The number of hydrogen-bond acceptors (Lipinski definition) is 6. The van der Waals surface area contributed by atoms with Gasteiger partial charge in [-0.2, -0.15) is 4.98 Å². The third-order valence-electron chi connectivity index (χ3n) is 3.57. The zero-order valence-corrected chi connectivity index (χ0v) is 12.3. The molecule has 112 valence electrons. The Morgan fingerprint density at radius 2 is 2.33 bits per heavy atom. The summed E-state index contributed by atoms with van der Waals surface area (Å²) >= 11 is 11.9. The first kappa shape index (κ1) is 14.6. The number of epoxide rings is 1. The number of halogens is 2. The number of aliphatic hydroxyl groups excluding tert-OH is 1. The molecule has 1 aromatic heterocycles. The van der Waals surface area contributed by atoms with Gasteiger partial charge in [0.25, 0.3) is 0 Å². The van der Waals surface area contributed by atoms with E-state index in [2.05, 4.69) is 16.3 Å². The standard InChI is InChI=1S/C12H11Cl2N3O4/c1-6(18)12-8(20-12)11(14,3-4-13)9(21-12)17-5-2-7(15)16-10(17)19/h2,5-6,8-9,18H,1H3,(H2,15,16,19)/t6-,8-,9-,11?,12?/m1/s1. The van der Waals surface area contributed by atoms with E-state index in [0.29, 0.717) is 0 Å². The lowest BCUT2D eigenvalue weighted by Crippen LogP contribution is -2.40. The van der Waals surface area contributed by atoms with Crippen LogP contribution >= 0.6 is 23.2 Å². The van der Waals surface area contributed by atoms with Gasteiger partial charge in [-0.3, -0.25) is 4.57 Å². The highest BCUT2D eigenvalue weighted by Gasteiger charge is 2.79. The molecule has 3 rings (SSSR count). The number of alkyl halides is 1. The fourth-order valence-electron chi connectivity index (χ4n) is 2.49. The van der Waals surface area contributed by atoms with E-state index in [0.717, 1.165) is 4.57 Å². The average molecular weight is 332 g/mol. The molecule has 2 saturated heterocycles. The molecule has 3 heterocycles. The predicted octanol–water partition coefficient (Wildman–Crippen LogP) is 0.00750. The molecule has 5 atom stereocenters. The van der Waals surface area contributed by atoms with Crippen LogP contribution in [0.5, 0.6) is 0 Å². The number of rotatable bonds is 2. The first-order chi connectivity index (χ1) is 9.85. The molecule has 1 aromatic rings. The smallest absolute Gasteiger partial charge is 0.351 e. The number of aromatic nitrogens is 2. The summed E-state index contributed by atoms with van der Waals surface area (Å²) in [6.45, 7) is 1.50.